The molecule has 0 aromatic rings. The smallest absolute Gasteiger partial charge is 0.306 e. The van der Waals surface area contributed by atoms with Crippen LogP contribution in [0.1, 0.15) is 110 Å². The third-order valence-corrected chi connectivity index (χ3v) is 4.81. The fraction of sp³-hybridized carbons (Fsp3) is 0.833. The number of aliphatic hydroxyl groups excluding tert-OH is 1. The Kier molecular flexibility index (Phi) is 20.3. The quantitative estimate of drug-likeness (QED) is 0.153. The number of carbonyl (C=O) groups is 2. The van der Waals surface area contributed by atoms with E-state index in [4.69, 9.17) is 9.47 Å². The molecule has 0 heterocycles. The lowest BCUT2D eigenvalue weighted by Gasteiger charge is -2.15. The Labute approximate surface area is 178 Å². The molecule has 0 spiro atoms. The van der Waals surface area contributed by atoms with Crippen molar-refractivity contribution in [3.63, 3.8) is 0 Å². The van der Waals surface area contributed by atoms with Crippen molar-refractivity contribution in [1.29, 1.82) is 0 Å². The van der Waals surface area contributed by atoms with Crippen molar-refractivity contribution in [2.45, 2.75) is 116 Å². The Balaban J connectivity index is 3.65. The van der Waals surface area contributed by atoms with E-state index in [1.165, 1.54) is 32.1 Å². The van der Waals surface area contributed by atoms with E-state index in [2.05, 4.69) is 26.0 Å². The van der Waals surface area contributed by atoms with Crippen molar-refractivity contribution >= 4 is 11.9 Å². The van der Waals surface area contributed by atoms with Crippen molar-refractivity contribution in [2.75, 3.05) is 13.2 Å². The highest BCUT2D eigenvalue weighted by Gasteiger charge is 2.15. The number of rotatable bonds is 20. The second-order valence-electron chi connectivity index (χ2n) is 7.71. The lowest BCUT2D eigenvalue weighted by Crippen LogP contribution is -2.28. The van der Waals surface area contributed by atoms with Crippen molar-refractivity contribution < 1.29 is 24.2 Å². The highest BCUT2D eigenvalue weighted by atomic mass is 16.6. The van der Waals surface area contributed by atoms with Crippen LogP contribution in [-0.2, 0) is 19.1 Å². The van der Waals surface area contributed by atoms with Crippen LogP contribution in [0.5, 0.6) is 0 Å². The average Bonchev–Trinajstić information content (AvgIpc) is 2.72. The Morgan fingerprint density at radius 1 is 0.759 bits per heavy atom. The minimum absolute atomic E-state index is 0.0688. The third kappa shape index (κ3) is 19.7. The van der Waals surface area contributed by atoms with Gasteiger partial charge in [-0.3, -0.25) is 9.59 Å². The summed E-state index contributed by atoms with van der Waals surface area (Å²) in [6, 6.07) is 0. The zero-order chi connectivity index (χ0) is 21.6. The highest BCUT2D eigenvalue weighted by Crippen LogP contribution is 2.10. The van der Waals surface area contributed by atoms with Crippen LogP contribution in [0.15, 0.2) is 12.2 Å². The van der Waals surface area contributed by atoms with E-state index in [9.17, 15) is 14.7 Å². The van der Waals surface area contributed by atoms with Gasteiger partial charge in [0.25, 0.3) is 0 Å². The lowest BCUT2D eigenvalue weighted by atomic mass is 10.1. The molecular formula is C24H44O5. The summed E-state index contributed by atoms with van der Waals surface area (Å²) >= 11 is 0. The molecule has 5 heteroatoms. The molecule has 0 aliphatic heterocycles. The van der Waals surface area contributed by atoms with Gasteiger partial charge in [0.1, 0.15) is 6.61 Å². The molecule has 0 aliphatic carbocycles. The predicted molar refractivity (Wildman–Crippen MR) is 118 cm³/mol. The number of hydrogen-bond donors (Lipinski definition) is 1. The van der Waals surface area contributed by atoms with Gasteiger partial charge in [0.05, 0.1) is 6.61 Å². The van der Waals surface area contributed by atoms with Crippen LogP contribution in [0.2, 0.25) is 0 Å². The van der Waals surface area contributed by atoms with Crippen molar-refractivity contribution in [3.05, 3.63) is 12.2 Å². The van der Waals surface area contributed by atoms with Crippen LogP contribution in [0.4, 0.5) is 0 Å². The van der Waals surface area contributed by atoms with Gasteiger partial charge in [-0.1, -0.05) is 77.4 Å². The van der Waals surface area contributed by atoms with Gasteiger partial charge in [0, 0.05) is 12.8 Å². The number of aliphatic hydroxyl groups is 1. The third-order valence-electron chi connectivity index (χ3n) is 4.81. The van der Waals surface area contributed by atoms with E-state index >= 15 is 0 Å². The minimum atomic E-state index is -0.762. The van der Waals surface area contributed by atoms with Crippen LogP contribution >= 0.6 is 0 Å². The number of hydrogen-bond acceptors (Lipinski definition) is 5. The van der Waals surface area contributed by atoms with Crippen molar-refractivity contribution in [1.82, 2.24) is 0 Å². The lowest BCUT2D eigenvalue weighted by molar-refractivity contribution is -0.161. The van der Waals surface area contributed by atoms with Gasteiger partial charge < -0.3 is 14.6 Å². The van der Waals surface area contributed by atoms with Crippen LogP contribution in [0.25, 0.3) is 0 Å². The van der Waals surface area contributed by atoms with E-state index in [0.29, 0.717) is 12.8 Å². The van der Waals surface area contributed by atoms with Gasteiger partial charge in [0.15, 0.2) is 6.10 Å². The maximum Gasteiger partial charge on any atom is 0.306 e. The molecular weight excluding hydrogens is 368 g/mol. The monoisotopic (exact) mass is 412 g/mol. The molecule has 0 aromatic heterocycles. The van der Waals surface area contributed by atoms with E-state index in [1.54, 1.807) is 0 Å². The summed E-state index contributed by atoms with van der Waals surface area (Å²) in [5.74, 6) is -0.627. The standard InChI is InChI=1S/C24H44O5/c1-3-5-7-9-10-11-12-13-14-15-17-19-24(27)29-22(20-25)21-28-23(26)18-16-8-6-4-2/h9-10,22,25H,3-8,11-21H2,1-2H3/b10-9-. The largest absolute Gasteiger partial charge is 0.462 e. The van der Waals surface area contributed by atoms with Gasteiger partial charge in [0.2, 0.25) is 0 Å². The zero-order valence-electron chi connectivity index (χ0n) is 18.8. The summed E-state index contributed by atoms with van der Waals surface area (Å²) in [6.45, 7) is 3.92. The second kappa shape index (κ2) is 21.4. The number of unbranched alkanes of at least 4 members (excludes halogenated alkanes) is 10. The Morgan fingerprint density at radius 3 is 1.97 bits per heavy atom. The van der Waals surface area contributed by atoms with E-state index in [0.717, 1.165) is 51.4 Å². The van der Waals surface area contributed by atoms with Gasteiger partial charge in [-0.2, -0.15) is 0 Å². The van der Waals surface area contributed by atoms with Crippen LogP contribution in [0, 0.1) is 0 Å². The fourth-order valence-corrected chi connectivity index (χ4v) is 2.94. The molecule has 29 heavy (non-hydrogen) atoms. The summed E-state index contributed by atoms with van der Waals surface area (Å²) in [6.07, 6.45) is 18.7. The van der Waals surface area contributed by atoms with Crippen LogP contribution in [0.3, 0.4) is 0 Å². The van der Waals surface area contributed by atoms with E-state index < -0.39 is 6.10 Å². The second-order valence-corrected chi connectivity index (χ2v) is 7.71. The Bertz CT molecular complexity index is 419. The summed E-state index contributed by atoms with van der Waals surface area (Å²) in [5.41, 5.74) is 0. The number of esters is 2. The van der Waals surface area contributed by atoms with Crippen LogP contribution < -0.4 is 0 Å². The van der Waals surface area contributed by atoms with Crippen molar-refractivity contribution in [3.8, 4) is 0 Å². The fourth-order valence-electron chi connectivity index (χ4n) is 2.94. The molecule has 0 radical (unpaired) electrons. The maximum atomic E-state index is 11.9. The molecule has 0 aromatic carbocycles. The van der Waals surface area contributed by atoms with E-state index in [1.807, 2.05) is 0 Å². The number of ether oxygens (including phenoxy) is 2. The van der Waals surface area contributed by atoms with Gasteiger partial charge in [-0.05, 0) is 32.1 Å². The average molecular weight is 413 g/mol. The molecule has 0 fully saturated rings. The highest BCUT2D eigenvalue weighted by molar-refractivity contribution is 5.70. The molecule has 0 bridgehead atoms. The molecule has 1 unspecified atom stereocenters. The SMILES string of the molecule is CCCC/C=C\CCCCCCCC(=O)OC(CO)COC(=O)CCCCCC. The molecule has 0 saturated carbocycles. The van der Waals surface area contributed by atoms with Crippen molar-refractivity contribution in [2.24, 2.45) is 0 Å². The summed E-state index contributed by atoms with van der Waals surface area (Å²) in [7, 11) is 0. The molecule has 0 aliphatic rings. The predicted octanol–water partition coefficient (Wildman–Crippen LogP) is 5.88. The Hall–Kier alpha value is -1.36. The molecule has 170 valence electrons. The number of carbonyl (C=O) groups excluding carboxylic acids is 2. The van der Waals surface area contributed by atoms with E-state index in [-0.39, 0.29) is 25.2 Å². The van der Waals surface area contributed by atoms with Crippen LogP contribution in [-0.4, -0.2) is 36.4 Å². The number of allylic oxidation sites excluding steroid dienone is 2. The molecule has 0 saturated heterocycles. The topological polar surface area (TPSA) is 72.8 Å². The molecule has 1 atom stereocenters. The maximum absolute atomic E-state index is 11.9. The molecule has 1 N–H and O–H groups in total. The van der Waals surface area contributed by atoms with Gasteiger partial charge in [-0.15, -0.1) is 0 Å². The first-order valence-corrected chi connectivity index (χ1v) is 11.7. The normalized spacial score (nSPS) is 12.2. The first kappa shape index (κ1) is 27.6. The molecule has 0 amide bonds. The first-order chi connectivity index (χ1) is 14.1. The van der Waals surface area contributed by atoms with Gasteiger partial charge >= 0.3 is 11.9 Å². The summed E-state index contributed by atoms with van der Waals surface area (Å²) < 4.78 is 10.3. The zero-order valence-corrected chi connectivity index (χ0v) is 18.8. The molecule has 5 nitrogen and oxygen atoms in total. The summed E-state index contributed by atoms with van der Waals surface area (Å²) in [5, 5.41) is 9.32. The van der Waals surface area contributed by atoms with Gasteiger partial charge in [-0.25, -0.2) is 0 Å². The molecule has 0 rings (SSSR count). The Morgan fingerprint density at radius 2 is 1.31 bits per heavy atom. The first-order valence-electron chi connectivity index (χ1n) is 11.7. The summed E-state index contributed by atoms with van der Waals surface area (Å²) in [4.78, 5) is 23.5. The minimum Gasteiger partial charge on any atom is -0.462 e.